The van der Waals surface area contributed by atoms with Crippen LogP contribution in [-0.2, 0) is 13.1 Å². The van der Waals surface area contributed by atoms with Crippen LogP contribution in [0.2, 0.25) is 0 Å². The van der Waals surface area contributed by atoms with Gasteiger partial charge >= 0.3 is 0 Å². The minimum atomic E-state index is 0.168. The summed E-state index contributed by atoms with van der Waals surface area (Å²) in [6, 6.07) is 8.79. The maximum Gasteiger partial charge on any atom is 0.0240 e. The van der Waals surface area contributed by atoms with Crippen LogP contribution in [-0.4, -0.2) is 23.5 Å². The Balaban J connectivity index is 2.01. The lowest BCUT2D eigenvalue weighted by Gasteiger charge is -2.25. The first-order chi connectivity index (χ1) is 9.04. The summed E-state index contributed by atoms with van der Waals surface area (Å²) in [6.07, 6.45) is 5.74. The summed E-state index contributed by atoms with van der Waals surface area (Å²) in [6.45, 7) is 10.9. The van der Waals surface area contributed by atoms with E-state index in [1.165, 1.54) is 24.1 Å². The van der Waals surface area contributed by atoms with Crippen molar-refractivity contribution in [1.82, 2.24) is 10.2 Å². The second-order valence-electron chi connectivity index (χ2n) is 6.37. The number of rotatable bonds is 4. The van der Waals surface area contributed by atoms with E-state index in [0.717, 1.165) is 19.6 Å². The van der Waals surface area contributed by atoms with E-state index < -0.39 is 0 Å². The lowest BCUT2D eigenvalue weighted by molar-refractivity contribution is 0.289. The minimum Gasteiger partial charge on any atom is -0.308 e. The summed E-state index contributed by atoms with van der Waals surface area (Å²) < 4.78 is 0. The minimum absolute atomic E-state index is 0.168. The first-order valence-corrected chi connectivity index (χ1v) is 7.24. The highest BCUT2D eigenvalue weighted by Crippen LogP contribution is 2.14. The molecule has 0 amide bonds. The molecule has 0 spiro atoms. The van der Waals surface area contributed by atoms with Crippen molar-refractivity contribution in [2.24, 2.45) is 0 Å². The van der Waals surface area contributed by atoms with Gasteiger partial charge in [-0.2, -0.15) is 0 Å². The molecule has 1 aromatic carbocycles. The van der Waals surface area contributed by atoms with Crippen LogP contribution < -0.4 is 5.32 Å². The Morgan fingerprint density at radius 2 is 1.84 bits per heavy atom. The van der Waals surface area contributed by atoms with Crippen LogP contribution in [0.25, 0.3) is 0 Å². The van der Waals surface area contributed by atoms with Crippen LogP contribution in [0.3, 0.4) is 0 Å². The van der Waals surface area contributed by atoms with Crippen molar-refractivity contribution < 1.29 is 0 Å². The van der Waals surface area contributed by atoms with E-state index in [1.54, 1.807) is 0 Å². The van der Waals surface area contributed by atoms with E-state index in [9.17, 15) is 0 Å². The first kappa shape index (κ1) is 14.3. The van der Waals surface area contributed by atoms with E-state index >= 15 is 0 Å². The lowest BCUT2D eigenvalue weighted by Crippen LogP contribution is -2.35. The molecule has 1 aliphatic rings. The predicted octanol–water partition coefficient (Wildman–Crippen LogP) is 3.34. The van der Waals surface area contributed by atoms with Crippen molar-refractivity contribution in [3.05, 3.63) is 47.5 Å². The number of nitrogens with zero attached hydrogens (tertiary/aromatic N) is 1. The van der Waals surface area contributed by atoms with E-state index in [-0.39, 0.29) is 5.54 Å². The van der Waals surface area contributed by atoms with Gasteiger partial charge in [0.15, 0.2) is 0 Å². The van der Waals surface area contributed by atoms with E-state index in [2.05, 4.69) is 67.4 Å². The maximum atomic E-state index is 3.58. The zero-order valence-corrected chi connectivity index (χ0v) is 12.4. The van der Waals surface area contributed by atoms with Crippen molar-refractivity contribution in [3.8, 4) is 0 Å². The third-order valence-electron chi connectivity index (χ3n) is 3.46. The molecule has 0 fully saturated rings. The van der Waals surface area contributed by atoms with Crippen LogP contribution in [0, 0.1) is 0 Å². The Bertz CT molecular complexity index is 429. The normalized spacial score (nSPS) is 16.8. The van der Waals surface area contributed by atoms with Gasteiger partial charge < -0.3 is 5.32 Å². The predicted molar refractivity (Wildman–Crippen MR) is 82.1 cm³/mol. The second kappa shape index (κ2) is 6.36. The third-order valence-corrected chi connectivity index (χ3v) is 3.46. The van der Waals surface area contributed by atoms with Crippen molar-refractivity contribution in [2.45, 2.75) is 45.8 Å². The molecule has 0 radical (unpaired) electrons. The average Bonchev–Trinajstić information content (AvgIpc) is 2.38. The molecular weight excluding hydrogens is 232 g/mol. The van der Waals surface area contributed by atoms with Crippen molar-refractivity contribution in [1.29, 1.82) is 0 Å². The van der Waals surface area contributed by atoms with Gasteiger partial charge in [-0.25, -0.2) is 0 Å². The number of hydrogen-bond acceptors (Lipinski definition) is 2. The molecule has 0 aliphatic carbocycles. The van der Waals surface area contributed by atoms with Crippen molar-refractivity contribution in [2.75, 3.05) is 13.1 Å². The molecule has 0 aromatic heterocycles. The van der Waals surface area contributed by atoms with Gasteiger partial charge in [-0.05, 0) is 38.3 Å². The largest absolute Gasteiger partial charge is 0.308 e. The van der Waals surface area contributed by atoms with E-state index in [1.807, 2.05) is 0 Å². The van der Waals surface area contributed by atoms with Gasteiger partial charge in [-0.15, -0.1) is 0 Å². The molecule has 1 N–H and O–H groups in total. The summed E-state index contributed by atoms with van der Waals surface area (Å²) in [5, 5.41) is 3.58. The Labute approximate surface area is 117 Å². The molecule has 19 heavy (non-hydrogen) atoms. The average molecular weight is 258 g/mol. The zero-order valence-electron chi connectivity index (χ0n) is 12.4. The fourth-order valence-electron chi connectivity index (χ4n) is 2.32. The summed E-state index contributed by atoms with van der Waals surface area (Å²) in [5.41, 5.74) is 3.04. The number of hydrogen-bond donors (Lipinski definition) is 1. The lowest BCUT2D eigenvalue weighted by atomic mass is 10.0. The molecule has 0 unspecified atom stereocenters. The molecule has 2 nitrogen and oxygen atoms in total. The van der Waals surface area contributed by atoms with Crippen molar-refractivity contribution in [3.63, 3.8) is 0 Å². The molecule has 0 saturated carbocycles. The van der Waals surface area contributed by atoms with Crippen LogP contribution in [0.15, 0.2) is 36.4 Å². The maximum absolute atomic E-state index is 3.58. The molecule has 104 valence electrons. The molecule has 0 saturated heterocycles. The summed E-state index contributed by atoms with van der Waals surface area (Å²) in [4.78, 5) is 2.51. The van der Waals surface area contributed by atoms with Crippen molar-refractivity contribution >= 4 is 0 Å². The SMILES string of the molecule is CC(C)(C)NCc1ccccc1CN1CC=CCC1. The monoisotopic (exact) mass is 258 g/mol. The topological polar surface area (TPSA) is 15.3 Å². The highest BCUT2D eigenvalue weighted by atomic mass is 15.1. The quantitative estimate of drug-likeness (QED) is 0.833. The number of nitrogens with one attached hydrogen (secondary N) is 1. The highest BCUT2D eigenvalue weighted by Gasteiger charge is 2.12. The van der Waals surface area contributed by atoms with Gasteiger partial charge in [0.05, 0.1) is 0 Å². The molecule has 1 heterocycles. The van der Waals surface area contributed by atoms with E-state index in [0.29, 0.717) is 0 Å². The van der Waals surface area contributed by atoms with Crippen LogP contribution >= 0.6 is 0 Å². The van der Waals surface area contributed by atoms with Gasteiger partial charge in [0, 0.05) is 31.7 Å². The first-order valence-electron chi connectivity index (χ1n) is 7.24. The molecule has 0 atom stereocenters. The molecule has 0 bridgehead atoms. The standard InChI is InChI=1S/C17H26N2/c1-17(2,3)18-13-15-9-5-6-10-16(15)14-19-11-7-4-8-12-19/h4-7,9-10,18H,8,11-14H2,1-3H3. The Hall–Kier alpha value is -1.12. The summed E-state index contributed by atoms with van der Waals surface area (Å²) >= 11 is 0. The van der Waals surface area contributed by atoms with Gasteiger partial charge in [0.1, 0.15) is 0 Å². The fourth-order valence-corrected chi connectivity index (χ4v) is 2.32. The molecule has 2 rings (SSSR count). The van der Waals surface area contributed by atoms with Crippen LogP contribution in [0.1, 0.15) is 38.3 Å². The Kier molecular flexibility index (Phi) is 4.78. The van der Waals surface area contributed by atoms with E-state index in [4.69, 9.17) is 0 Å². The molecule has 1 aliphatic heterocycles. The molecular formula is C17H26N2. The van der Waals surface area contributed by atoms with Crippen LogP contribution in [0.4, 0.5) is 0 Å². The number of benzene rings is 1. The smallest absolute Gasteiger partial charge is 0.0240 e. The van der Waals surface area contributed by atoms with Gasteiger partial charge in [-0.1, -0.05) is 36.4 Å². The summed E-state index contributed by atoms with van der Waals surface area (Å²) in [5.74, 6) is 0. The molecule has 1 aromatic rings. The van der Waals surface area contributed by atoms with Gasteiger partial charge in [0.2, 0.25) is 0 Å². The zero-order chi connectivity index (χ0) is 13.7. The fraction of sp³-hybridized carbons (Fsp3) is 0.529. The second-order valence-corrected chi connectivity index (χ2v) is 6.37. The van der Waals surface area contributed by atoms with Crippen LogP contribution in [0.5, 0.6) is 0 Å². The van der Waals surface area contributed by atoms with Gasteiger partial charge in [-0.3, -0.25) is 4.90 Å². The molecule has 2 heteroatoms. The Morgan fingerprint density at radius 3 is 2.47 bits per heavy atom. The highest BCUT2D eigenvalue weighted by molar-refractivity contribution is 5.27. The summed E-state index contributed by atoms with van der Waals surface area (Å²) in [7, 11) is 0. The van der Waals surface area contributed by atoms with Gasteiger partial charge in [0.25, 0.3) is 0 Å². The Morgan fingerprint density at radius 1 is 1.11 bits per heavy atom. The third kappa shape index (κ3) is 4.81.